The van der Waals surface area contributed by atoms with E-state index in [1.54, 1.807) is 24.3 Å². The number of rotatable bonds is 6. The number of aromatic nitrogens is 1. The van der Waals surface area contributed by atoms with E-state index in [0.29, 0.717) is 17.6 Å². The molecule has 0 saturated carbocycles. The van der Waals surface area contributed by atoms with Gasteiger partial charge in [-0.1, -0.05) is 12.1 Å². The first-order valence-corrected chi connectivity index (χ1v) is 6.99. The Hall–Kier alpha value is -2.57. The van der Waals surface area contributed by atoms with Crippen molar-refractivity contribution in [2.45, 2.75) is 19.9 Å². The van der Waals surface area contributed by atoms with Crippen LogP contribution in [0.1, 0.15) is 13.3 Å². The molecule has 0 atom stereocenters. The summed E-state index contributed by atoms with van der Waals surface area (Å²) >= 11 is 0. The quantitative estimate of drug-likeness (QED) is 0.744. The number of fused-ring (bicyclic) bond motifs is 1. The van der Waals surface area contributed by atoms with E-state index in [4.69, 9.17) is 4.42 Å². The number of likely N-dealkylation sites (N-methyl/N-ethyl adjacent to an activating group) is 1. The number of oxazole rings is 1. The van der Waals surface area contributed by atoms with Crippen LogP contribution in [0.15, 0.2) is 33.5 Å². The second-order valence-electron chi connectivity index (χ2n) is 4.72. The van der Waals surface area contributed by atoms with Gasteiger partial charge in [-0.2, -0.15) is 0 Å². The molecule has 22 heavy (non-hydrogen) atoms. The molecule has 0 fully saturated rings. The Morgan fingerprint density at radius 3 is 2.73 bits per heavy atom. The average Bonchev–Trinajstić information content (AvgIpc) is 2.83. The van der Waals surface area contributed by atoms with Gasteiger partial charge in [0.2, 0.25) is 5.91 Å². The molecule has 1 aromatic heterocycles. The van der Waals surface area contributed by atoms with Gasteiger partial charge in [0, 0.05) is 13.1 Å². The molecule has 0 unspecified atom stereocenters. The summed E-state index contributed by atoms with van der Waals surface area (Å²) in [4.78, 5) is 36.8. The van der Waals surface area contributed by atoms with Gasteiger partial charge < -0.3 is 14.1 Å². The predicted octanol–water partition coefficient (Wildman–Crippen LogP) is 1.01. The number of hydrogen-bond acceptors (Lipinski definition) is 5. The smallest absolute Gasteiger partial charge is 0.420 e. The number of hydrogen-bond donors (Lipinski definition) is 0. The molecule has 7 nitrogen and oxygen atoms in total. The minimum Gasteiger partial charge on any atom is -0.469 e. The van der Waals surface area contributed by atoms with Crippen molar-refractivity contribution < 1.29 is 18.7 Å². The van der Waals surface area contributed by atoms with Crippen LogP contribution in [0.4, 0.5) is 0 Å². The Bertz CT molecular complexity index is 731. The number of benzene rings is 1. The zero-order valence-electron chi connectivity index (χ0n) is 12.6. The summed E-state index contributed by atoms with van der Waals surface area (Å²) in [5.74, 6) is -1.20. The summed E-state index contributed by atoms with van der Waals surface area (Å²) in [7, 11) is 1.30. The molecule has 1 aromatic carbocycles. The van der Waals surface area contributed by atoms with E-state index >= 15 is 0 Å². The third kappa shape index (κ3) is 3.36. The van der Waals surface area contributed by atoms with Crippen LogP contribution >= 0.6 is 0 Å². The van der Waals surface area contributed by atoms with Gasteiger partial charge in [0.25, 0.3) is 0 Å². The van der Waals surface area contributed by atoms with E-state index in [0.717, 1.165) is 0 Å². The van der Waals surface area contributed by atoms with Gasteiger partial charge in [-0.15, -0.1) is 0 Å². The normalized spacial score (nSPS) is 10.6. The largest absolute Gasteiger partial charge is 0.469 e. The van der Waals surface area contributed by atoms with Crippen molar-refractivity contribution in [1.82, 2.24) is 9.47 Å². The lowest BCUT2D eigenvalue weighted by Crippen LogP contribution is -2.37. The van der Waals surface area contributed by atoms with Gasteiger partial charge in [0.05, 0.1) is 19.0 Å². The lowest BCUT2D eigenvalue weighted by atomic mass is 10.3. The summed E-state index contributed by atoms with van der Waals surface area (Å²) in [5, 5.41) is 0. The number of esters is 1. The van der Waals surface area contributed by atoms with Gasteiger partial charge in [0.1, 0.15) is 6.54 Å². The molecular weight excluding hydrogens is 288 g/mol. The maximum Gasteiger partial charge on any atom is 0.420 e. The van der Waals surface area contributed by atoms with Crippen molar-refractivity contribution in [2.75, 3.05) is 20.2 Å². The topological polar surface area (TPSA) is 81.8 Å². The van der Waals surface area contributed by atoms with E-state index < -0.39 is 5.76 Å². The Labute approximate surface area is 127 Å². The molecule has 1 heterocycles. The first-order chi connectivity index (χ1) is 10.6. The van der Waals surface area contributed by atoms with Crippen LogP contribution in [0, 0.1) is 0 Å². The third-order valence-corrected chi connectivity index (χ3v) is 3.42. The molecule has 0 spiro atoms. The number of nitrogens with zero attached hydrogens (tertiary/aromatic N) is 2. The second-order valence-corrected chi connectivity index (χ2v) is 4.72. The fraction of sp³-hybridized carbons (Fsp3) is 0.400. The highest BCUT2D eigenvalue weighted by Crippen LogP contribution is 2.12. The summed E-state index contributed by atoms with van der Waals surface area (Å²) in [6.45, 7) is 2.39. The Morgan fingerprint density at radius 2 is 2.05 bits per heavy atom. The number of amides is 1. The number of ether oxygens (including phenoxy) is 1. The molecule has 0 aliphatic rings. The van der Waals surface area contributed by atoms with Gasteiger partial charge in [-0.25, -0.2) is 4.79 Å². The van der Waals surface area contributed by atoms with E-state index in [-0.39, 0.29) is 31.4 Å². The molecule has 0 saturated heterocycles. The average molecular weight is 306 g/mol. The number of carbonyl (C=O) groups excluding carboxylic acids is 2. The summed E-state index contributed by atoms with van der Waals surface area (Å²) in [6.07, 6.45) is 0.122. The molecular formula is C15H18N2O5. The lowest BCUT2D eigenvalue weighted by Gasteiger charge is -2.20. The monoisotopic (exact) mass is 306 g/mol. The van der Waals surface area contributed by atoms with E-state index in [1.807, 2.05) is 6.92 Å². The molecule has 2 aromatic rings. The van der Waals surface area contributed by atoms with Gasteiger partial charge >= 0.3 is 11.7 Å². The molecule has 0 bridgehead atoms. The summed E-state index contributed by atoms with van der Waals surface area (Å²) in [6, 6.07) is 6.92. The van der Waals surface area contributed by atoms with Gasteiger partial charge in [-0.05, 0) is 19.1 Å². The van der Waals surface area contributed by atoms with Crippen LogP contribution in [0.3, 0.4) is 0 Å². The highest BCUT2D eigenvalue weighted by atomic mass is 16.5. The molecule has 2 rings (SSSR count). The zero-order chi connectivity index (χ0) is 16.1. The van der Waals surface area contributed by atoms with Crippen LogP contribution in [0.25, 0.3) is 11.1 Å². The zero-order valence-corrected chi connectivity index (χ0v) is 12.6. The third-order valence-electron chi connectivity index (χ3n) is 3.42. The van der Waals surface area contributed by atoms with Gasteiger partial charge in [-0.3, -0.25) is 14.2 Å². The first-order valence-electron chi connectivity index (χ1n) is 6.99. The van der Waals surface area contributed by atoms with Crippen LogP contribution in [-0.2, 0) is 20.9 Å². The minimum atomic E-state index is -0.571. The van der Waals surface area contributed by atoms with E-state index in [1.165, 1.54) is 16.6 Å². The molecule has 0 N–H and O–H groups in total. The fourth-order valence-electron chi connectivity index (χ4n) is 2.19. The molecule has 0 radical (unpaired) electrons. The number of methoxy groups -OCH3 is 1. The summed E-state index contributed by atoms with van der Waals surface area (Å²) < 4.78 is 10.9. The standard InChI is InChI=1S/C15H18N2O5/c1-3-16(9-8-14(19)21-2)13(18)10-17-11-6-4-5-7-12(11)22-15(17)20/h4-7H,3,8-10H2,1-2H3. The Kier molecular flexibility index (Phi) is 4.98. The highest BCUT2D eigenvalue weighted by Gasteiger charge is 2.17. The molecule has 118 valence electrons. The summed E-state index contributed by atoms with van der Waals surface area (Å²) in [5.41, 5.74) is 1.02. The SMILES string of the molecule is CCN(CCC(=O)OC)C(=O)Cn1c(=O)oc2ccccc21. The van der Waals surface area contributed by atoms with Crippen molar-refractivity contribution in [3.63, 3.8) is 0 Å². The highest BCUT2D eigenvalue weighted by molar-refractivity contribution is 5.80. The molecule has 0 aliphatic carbocycles. The van der Waals surface area contributed by atoms with Crippen LogP contribution in [0.5, 0.6) is 0 Å². The van der Waals surface area contributed by atoms with Crippen molar-refractivity contribution in [3.8, 4) is 0 Å². The number of para-hydroxylation sites is 2. The van der Waals surface area contributed by atoms with Crippen LogP contribution in [0.2, 0.25) is 0 Å². The van der Waals surface area contributed by atoms with Crippen molar-refractivity contribution in [3.05, 3.63) is 34.8 Å². The van der Waals surface area contributed by atoms with Crippen LogP contribution < -0.4 is 5.76 Å². The lowest BCUT2D eigenvalue weighted by molar-refractivity contribution is -0.141. The Balaban J connectivity index is 2.13. The van der Waals surface area contributed by atoms with Crippen molar-refractivity contribution in [1.29, 1.82) is 0 Å². The minimum absolute atomic E-state index is 0.120. The van der Waals surface area contributed by atoms with E-state index in [2.05, 4.69) is 4.74 Å². The Morgan fingerprint density at radius 1 is 1.32 bits per heavy atom. The predicted molar refractivity (Wildman–Crippen MR) is 79.4 cm³/mol. The van der Waals surface area contributed by atoms with Crippen molar-refractivity contribution >= 4 is 23.0 Å². The first kappa shape index (κ1) is 15.8. The fourth-order valence-corrected chi connectivity index (χ4v) is 2.19. The maximum absolute atomic E-state index is 12.3. The maximum atomic E-state index is 12.3. The van der Waals surface area contributed by atoms with Crippen molar-refractivity contribution in [2.24, 2.45) is 0 Å². The molecule has 1 amide bonds. The van der Waals surface area contributed by atoms with Gasteiger partial charge in [0.15, 0.2) is 5.58 Å². The van der Waals surface area contributed by atoms with Crippen LogP contribution in [-0.4, -0.2) is 41.5 Å². The number of carbonyl (C=O) groups is 2. The van der Waals surface area contributed by atoms with E-state index in [9.17, 15) is 14.4 Å². The molecule has 0 aliphatic heterocycles. The molecule has 7 heteroatoms. The second kappa shape index (κ2) is 6.93.